The van der Waals surface area contributed by atoms with Crippen molar-refractivity contribution >= 4 is 17.2 Å². The molecule has 0 spiro atoms. The zero-order valence-corrected chi connectivity index (χ0v) is 17.1. The van der Waals surface area contributed by atoms with Crippen LogP contribution < -0.4 is 5.32 Å². The van der Waals surface area contributed by atoms with Crippen molar-refractivity contribution in [1.82, 2.24) is 20.1 Å². The summed E-state index contributed by atoms with van der Waals surface area (Å²) in [6, 6.07) is 17.6. The van der Waals surface area contributed by atoms with E-state index < -0.39 is 0 Å². The zero-order valence-electron chi connectivity index (χ0n) is 16.3. The van der Waals surface area contributed by atoms with Gasteiger partial charge in [-0.3, -0.25) is 9.78 Å². The maximum atomic E-state index is 13.3. The highest BCUT2D eigenvalue weighted by Crippen LogP contribution is 2.28. The molecule has 0 unspecified atom stereocenters. The Morgan fingerprint density at radius 3 is 2.55 bits per heavy atom. The first-order valence-corrected chi connectivity index (χ1v) is 10.4. The molecule has 5 nitrogen and oxygen atoms in total. The second-order valence-corrected chi connectivity index (χ2v) is 8.10. The summed E-state index contributed by atoms with van der Waals surface area (Å²) in [6.45, 7) is 4.22. The number of hydrogen-bond acceptors (Lipinski definition) is 4. The number of para-hydroxylation sites is 1. The fraction of sp³-hybridized carbons (Fsp3) is 0.174. The molecule has 3 aromatic heterocycles. The normalized spacial score (nSPS) is 12.1. The maximum absolute atomic E-state index is 13.3. The Morgan fingerprint density at radius 2 is 1.90 bits per heavy atom. The van der Waals surface area contributed by atoms with Gasteiger partial charge in [0.05, 0.1) is 17.3 Å². The van der Waals surface area contributed by atoms with Gasteiger partial charge in [-0.25, -0.2) is 4.68 Å². The number of amides is 1. The fourth-order valence-electron chi connectivity index (χ4n) is 3.22. The summed E-state index contributed by atoms with van der Waals surface area (Å²) in [4.78, 5) is 18.7. The van der Waals surface area contributed by atoms with Gasteiger partial charge in [0.2, 0.25) is 0 Å². The summed E-state index contributed by atoms with van der Waals surface area (Å²) in [5.74, 6) is 0.127. The van der Waals surface area contributed by atoms with Gasteiger partial charge in [-0.15, -0.1) is 11.3 Å². The van der Waals surface area contributed by atoms with Crippen LogP contribution in [0.5, 0.6) is 0 Å². The summed E-state index contributed by atoms with van der Waals surface area (Å²) in [5, 5.41) is 9.95. The predicted molar refractivity (Wildman–Crippen MR) is 116 cm³/mol. The highest BCUT2D eigenvalue weighted by Gasteiger charge is 2.24. The van der Waals surface area contributed by atoms with Crippen LogP contribution in [0, 0.1) is 5.92 Å². The van der Waals surface area contributed by atoms with Gasteiger partial charge in [-0.05, 0) is 41.6 Å². The Labute approximate surface area is 174 Å². The number of thiophene rings is 1. The summed E-state index contributed by atoms with van der Waals surface area (Å²) in [7, 11) is 0. The first-order valence-electron chi connectivity index (χ1n) is 9.53. The van der Waals surface area contributed by atoms with Gasteiger partial charge in [0, 0.05) is 29.0 Å². The standard InChI is InChI=1S/C23H22N4OS/c1-16(2)21(20-11-7-13-29-20)25-23(28)19-15-27(18-9-4-3-5-10-18)26-22(19)17-8-6-12-24-14-17/h3-16,21H,1-2H3,(H,25,28)/t21-/m1/s1. The van der Waals surface area contributed by atoms with Crippen molar-refractivity contribution in [3.8, 4) is 16.9 Å². The van der Waals surface area contributed by atoms with Gasteiger partial charge in [0.15, 0.2) is 0 Å². The number of carbonyl (C=O) groups is 1. The molecule has 0 aliphatic rings. The zero-order chi connectivity index (χ0) is 20.2. The van der Waals surface area contributed by atoms with Crippen LogP contribution in [-0.2, 0) is 0 Å². The number of nitrogens with zero attached hydrogens (tertiary/aromatic N) is 3. The van der Waals surface area contributed by atoms with Gasteiger partial charge >= 0.3 is 0 Å². The van der Waals surface area contributed by atoms with Crippen molar-refractivity contribution in [2.75, 3.05) is 0 Å². The summed E-state index contributed by atoms with van der Waals surface area (Å²) in [6.07, 6.45) is 5.23. The number of nitrogens with one attached hydrogen (secondary N) is 1. The molecule has 4 aromatic rings. The molecular weight excluding hydrogens is 380 g/mol. The number of rotatable bonds is 6. The first kappa shape index (κ1) is 19.1. The molecule has 1 N–H and O–H groups in total. The van der Waals surface area contributed by atoms with Crippen molar-refractivity contribution in [3.05, 3.63) is 89.0 Å². The molecule has 1 atom stereocenters. The number of benzene rings is 1. The summed E-state index contributed by atoms with van der Waals surface area (Å²) >= 11 is 1.65. The molecule has 1 amide bonds. The smallest absolute Gasteiger partial charge is 0.255 e. The van der Waals surface area contributed by atoms with Crippen LogP contribution in [0.1, 0.15) is 35.1 Å². The summed E-state index contributed by atoms with van der Waals surface area (Å²) in [5.41, 5.74) is 2.86. The molecular formula is C23H22N4OS. The van der Waals surface area contributed by atoms with Crippen LogP contribution >= 0.6 is 11.3 Å². The molecule has 0 aliphatic heterocycles. The first-order chi connectivity index (χ1) is 14.1. The minimum atomic E-state index is -0.141. The van der Waals surface area contributed by atoms with Crippen LogP contribution in [0.2, 0.25) is 0 Å². The molecule has 4 rings (SSSR count). The van der Waals surface area contributed by atoms with Crippen LogP contribution in [0.25, 0.3) is 16.9 Å². The number of aromatic nitrogens is 3. The van der Waals surface area contributed by atoms with Crippen LogP contribution in [0.4, 0.5) is 0 Å². The number of carbonyl (C=O) groups excluding carboxylic acids is 1. The lowest BCUT2D eigenvalue weighted by Gasteiger charge is -2.21. The highest BCUT2D eigenvalue weighted by atomic mass is 32.1. The molecule has 0 aliphatic carbocycles. The average Bonchev–Trinajstić information content (AvgIpc) is 3.43. The minimum Gasteiger partial charge on any atom is -0.344 e. The van der Waals surface area contributed by atoms with Gasteiger partial charge in [0.25, 0.3) is 5.91 Å². The van der Waals surface area contributed by atoms with E-state index in [1.165, 1.54) is 0 Å². The molecule has 3 heterocycles. The Bertz CT molecular complexity index is 1070. The largest absolute Gasteiger partial charge is 0.344 e. The Morgan fingerprint density at radius 1 is 1.07 bits per heavy atom. The monoisotopic (exact) mass is 402 g/mol. The Balaban J connectivity index is 1.73. The third-order valence-corrected chi connectivity index (χ3v) is 5.67. The molecule has 0 radical (unpaired) electrons. The van der Waals surface area contributed by atoms with Crippen molar-refractivity contribution in [2.45, 2.75) is 19.9 Å². The number of pyridine rings is 1. The van der Waals surface area contributed by atoms with Crippen molar-refractivity contribution in [2.24, 2.45) is 5.92 Å². The molecule has 0 fully saturated rings. The maximum Gasteiger partial charge on any atom is 0.255 e. The van der Waals surface area contributed by atoms with E-state index in [2.05, 4.69) is 30.2 Å². The lowest BCUT2D eigenvalue weighted by atomic mass is 10.0. The van der Waals surface area contributed by atoms with E-state index in [9.17, 15) is 4.79 Å². The van der Waals surface area contributed by atoms with E-state index in [0.717, 1.165) is 16.1 Å². The second kappa shape index (κ2) is 8.41. The van der Waals surface area contributed by atoms with Crippen molar-refractivity contribution < 1.29 is 4.79 Å². The lowest BCUT2D eigenvalue weighted by Crippen LogP contribution is -2.31. The van der Waals surface area contributed by atoms with E-state index in [4.69, 9.17) is 5.10 Å². The quantitative estimate of drug-likeness (QED) is 0.487. The Kier molecular flexibility index (Phi) is 5.53. The fourth-order valence-corrected chi connectivity index (χ4v) is 4.17. The molecule has 1 aromatic carbocycles. The molecule has 0 saturated heterocycles. The van der Waals surface area contributed by atoms with Gasteiger partial charge in [-0.2, -0.15) is 5.10 Å². The second-order valence-electron chi connectivity index (χ2n) is 7.12. The van der Waals surface area contributed by atoms with Crippen LogP contribution in [-0.4, -0.2) is 20.7 Å². The van der Waals surface area contributed by atoms with Crippen LogP contribution in [0.3, 0.4) is 0 Å². The lowest BCUT2D eigenvalue weighted by molar-refractivity contribution is 0.0927. The van der Waals surface area contributed by atoms with Gasteiger partial charge < -0.3 is 5.32 Å². The van der Waals surface area contributed by atoms with Crippen molar-refractivity contribution in [1.29, 1.82) is 0 Å². The van der Waals surface area contributed by atoms with Crippen LogP contribution in [0.15, 0.2) is 78.6 Å². The van der Waals surface area contributed by atoms with E-state index >= 15 is 0 Å². The van der Waals surface area contributed by atoms with Gasteiger partial charge in [-0.1, -0.05) is 38.1 Å². The molecule has 6 heteroatoms. The third-order valence-electron chi connectivity index (χ3n) is 4.72. The molecule has 29 heavy (non-hydrogen) atoms. The third kappa shape index (κ3) is 4.12. The van der Waals surface area contributed by atoms with E-state index in [1.54, 1.807) is 34.6 Å². The molecule has 0 bridgehead atoms. The van der Waals surface area contributed by atoms with Crippen molar-refractivity contribution in [3.63, 3.8) is 0 Å². The molecule has 146 valence electrons. The highest BCUT2D eigenvalue weighted by molar-refractivity contribution is 7.10. The topological polar surface area (TPSA) is 59.8 Å². The summed E-state index contributed by atoms with van der Waals surface area (Å²) < 4.78 is 1.74. The van der Waals surface area contributed by atoms with Gasteiger partial charge in [0.1, 0.15) is 5.69 Å². The van der Waals surface area contributed by atoms with E-state index in [0.29, 0.717) is 11.3 Å². The SMILES string of the molecule is CC(C)[C@@H](NC(=O)c1cn(-c2ccccc2)nc1-c1cccnc1)c1cccs1. The molecule has 0 saturated carbocycles. The van der Waals surface area contributed by atoms with E-state index in [1.807, 2.05) is 53.9 Å². The number of hydrogen-bond donors (Lipinski definition) is 1. The Hall–Kier alpha value is -3.25. The predicted octanol–water partition coefficient (Wildman–Crippen LogP) is 5.12. The minimum absolute atomic E-state index is 0.0516. The average molecular weight is 403 g/mol. The van der Waals surface area contributed by atoms with E-state index in [-0.39, 0.29) is 17.9 Å².